The molecule has 0 aromatic heterocycles. The van der Waals surface area contributed by atoms with Crippen LogP contribution in [0.3, 0.4) is 0 Å². The highest BCUT2D eigenvalue weighted by Gasteiger charge is 2.23. The Kier molecular flexibility index (Phi) is 43.6. The average Bonchev–Trinajstić information content (AvgIpc) is 3.24. The van der Waals surface area contributed by atoms with Crippen LogP contribution < -0.4 is 10.2 Å². The van der Waals surface area contributed by atoms with E-state index in [2.05, 4.69) is 79.9 Å². The molecule has 0 aliphatic carbocycles. The SMILES string of the molecule is CCCCCC/C=C/CC/C=C/CC/C=C/C(O)C(COP(=O)([O-])OCC[N+](C)(C)C)NC(=O)CCCCCCCCCCCCCC/C=C\C/C=C\C/C=C\CCCCCCC. The summed E-state index contributed by atoms with van der Waals surface area (Å²) in [6.07, 6.45) is 61.1. The number of phosphoric acid groups is 1. The molecule has 366 valence electrons. The molecule has 0 saturated heterocycles. The van der Waals surface area contributed by atoms with Gasteiger partial charge in [-0.05, 0) is 83.5 Å². The maximum absolute atomic E-state index is 12.9. The second kappa shape index (κ2) is 45.1. The van der Waals surface area contributed by atoms with Gasteiger partial charge in [0.1, 0.15) is 13.2 Å². The number of carbonyl (C=O) groups is 1. The summed E-state index contributed by atoms with van der Waals surface area (Å²) in [5.74, 6) is -0.216. The van der Waals surface area contributed by atoms with Gasteiger partial charge in [0.25, 0.3) is 7.82 Å². The quantitative estimate of drug-likeness (QED) is 0.0273. The van der Waals surface area contributed by atoms with E-state index in [0.29, 0.717) is 17.4 Å². The number of aliphatic hydroxyl groups excluding tert-OH is 1. The molecular formula is C54H99N2O6P. The first kappa shape index (κ1) is 60.9. The summed E-state index contributed by atoms with van der Waals surface area (Å²) in [5, 5.41) is 13.8. The molecule has 1 amide bonds. The van der Waals surface area contributed by atoms with E-state index in [1.54, 1.807) is 6.08 Å². The lowest BCUT2D eigenvalue weighted by Crippen LogP contribution is -2.45. The smallest absolute Gasteiger partial charge is 0.268 e. The van der Waals surface area contributed by atoms with E-state index in [0.717, 1.165) is 64.2 Å². The van der Waals surface area contributed by atoms with Crippen molar-refractivity contribution in [3.8, 4) is 0 Å². The van der Waals surface area contributed by atoms with Gasteiger partial charge >= 0.3 is 0 Å². The van der Waals surface area contributed by atoms with Crippen molar-refractivity contribution in [3.63, 3.8) is 0 Å². The Labute approximate surface area is 389 Å². The molecule has 0 aliphatic heterocycles. The lowest BCUT2D eigenvalue weighted by atomic mass is 10.0. The van der Waals surface area contributed by atoms with Crippen molar-refractivity contribution in [2.75, 3.05) is 40.9 Å². The minimum atomic E-state index is -4.61. The van der Waals surface area contributed by atoms with Gasteiger partial charge in [-0.25, -0.2) is 0 Å². The van der Waals surface area contributed by atoms with Crippen LogP contribution in [-0.4, -0.2) is 68.5 Å². The highest BCUT2D eigenvalue weighted by atomic mass is 31.2. The van der Waals surface area contributed by atoms with Crippen molar-refractivity contribution in [2.45, 2.75) is 225 Å². The summed E-state index contributed by atoms with van der Waals surface area (Å²) in [4.78, 5) is 25.4. The summed E-state index contributed by atoms with van der Waals surface area (Å²) < 4.78 is 23.2. The van der Waals surface area contributed by atoms with E-state index < -0.39 is 26.6 Å². The number of likely N-dealkylation sites (N-methyl/N-ethyl adjacent to an activating group) is 1. The van der Waals surface area contributed by atoms with Crippen LogP contribution >= 0.6 is 7.82 Å². The monoisotopic (exact) mass is 903 g/mol. The van der Waals surface area contributed by atoms with Gasteiger partial charge in [-0.2, -0.15) is 0 Å². The van der Waals surface area contributed by atoms with Crippen molar-refractivity contribution >= 4 is 13.7 Å². The highest BCUT2D eigenvalue weighted by Crippen LogP contribution is 2.38. The first-order chi connectivity index (χ1) is 30.5. The minimum Gasteiger partial charge on any atom is -0.756 e. The largest absolute Gasteiger partial charge is 0.756 e. The van der Waals surface area contributed by atoms with E-state index in [9.17, 15) is 19.4 Å². The number of aliphatic hydroxyl groups is 1. The van der Waals surface area contributed by atoms with Crippen LogP contribution in [0, 0.1) is 0 Å². The molecule has 0 rings (SSSR count). The van der Waals surface area contributed by atoms with E-state index in [4.69, 9.17) is 9.05 Å². The van der Waals surface area contributed by atoms with Crippen LogP contribution in [0.2, 0.25) is 0 Å². The van der Waals surface area contributed by atoms with Crippen LogP contribution in [0.15, 0.2) is 72.9 Å². The lowest BCUT2D eigenvalue weighted by Gasteiger charge is -2.29. The molecule has 0 spiro atoms. The van der Waals surface area contributed by atoms with Crippen LogP contribution in [0.1, 0.15) is 213 Å². The molecule has 3 atom stereocenters. The fourth-order valence-corrected chi connectivity index (χ4v) is 7.74. The molecule has 63 heavy (non-hydrogen) atoms. The molecular weight excluding hydrogens is 804 g/mol. The fourth-order valence-electron chi connectivity index (χ4n) is 7.01. The Morgan fingerprint density at radius 2 is 0.937 bits per heavy atom. The molecule has 3 unspecified atom stereocenters. The normalized spacial score (nSPS) is 14.7. The summed E-state index contributed by atoms with van der Waals surface area (Å²) >= 11 is 0. The zero-order chi connectivity index (χ0) is 46.4. The summed E-state index contributed by atoms with van der Waals surface area (Å²) in [6.45, 7) is 4.57. The Bertz CT molecular complexity index is 1250. The summed E-state index contributed by atoms with van der Waals surface area (Å²) in [6, 6.07) is -0.913. The first-order valence-electron chi connectivity index (χ1n) is 25.8. The number of nitrogens with one attached hydrogen (secondary N) is 1. The molecule has 0 saturated carbocycles. The number of quaternary nitrogens is 1. The molecule has 0 radical (unpaired) electrons. The zero-order valence-corrected chi connectivity index (χ0v) is 42.4. The Morgan fingerprint density at radius 1 is 0.556 bits per heavy atom. The Morgan fingerprint density at radius 3 is 1.41 bits per heavy atom. The number of allylic oxidation sites excluding steroid dienone is 11. The van der Waals surface area contributed by atoms with Gasteiger partial charge in [-0.15, -0.1) is 0 Å². The highest BCUT2D eigenvalue weighted by molar-refractivity contribution is 7.45. The number of hydrogen-bond donors (Lipinski definition) is 2. The van der Waals surface area contributed by atoms with E-state index in [1.165, 1.54) is 128 Å². The third kappa shape index (κ3) is 47.7. The molecule has 0 bridgehead atoms. The van der Waals surface area contributed by atoms with Gasteiger partial charge in [0.05, 0.1) is 39.9 Å². The molecule has 8 nitrogen and oxygen atoms in total. The maximum atomic E-state index is 12.9. The molecule has 9 heteroatoms. The van der Waals surface area contributed by atoms with E-state index in [-0.39, 0.29) is 12.5 Å². The van der Waals surface area contributed by atoms with Crippen molar-refractivity contribution in [1.29, 1.82) is 0 Å². The third-order valence-electron chi connectivity index (χ3n) is 11.1. The van der Waals surface area contributed by atoms with Crippen molar-refractivity contribution in [3.05, 3.63) is 72.9 Å². The fraction of sp³-hybridized carbons (Fsp3) is 0.759. The van der Waals surface area contributed by atoms with Crippen LogP contribution in [0.5, 0.6) is 0 Å². The third-order valence-corrected chi connectivity index (χ3v) is 12.1. The second-order valence-corrected chi connectivity index (χ2v) is 19.9. The van der Waals surface area contributed by atoms with Gasteiger partial charge in [0.15, 0.2) is 0 Å². The number of rotatable bonds is 46. The molecule has 0 aromatic rings. The average molecular weight is 903 g/mol. The van der Waals surface area contributed by atoms with Gasteiger partial charge in [0, 0.05) is 6.42 Å². The van der Waals surface area contributed by atoms with Gasteiger partial charge in [-0.1, -0.05) is 196 Å². The molecule has 0 aliphatic rings. The molecule has 0 fully saturated rings. The standard InChI is InChI=1S/C54H99N2O6P/c1-6-8-10-12-14-16-18-20-22-23-24-25-26-27-28-29-30-31-32-33-34-36-38-40-42-44-46-48-54(58)55-52(51-62-63(59,60)61-50-49-56(3,4)5)53(57)47-45-43-41-39-37-35-21-19-17-15-13-11-9-7-2/h17-20,23-24,26-27,37,39,45,47,52-53,57H,6-16,21-22,25,28-36,38,40-44,46,48-51H2,1-5H3,(H-,55,58,59,60)/b19-17+,20-18-,24-23-,27-26-,39-37+,47-45+. The van der Waals surface area contributed by atoms with Crippen molar-refractivity contribution in [1.82, 2.24) is 5.32 Å². The molecule has 0 heterocycles. The number of nitrogens with zero attached hydrogens (tertiary/aromatic N) is 1. The first-order valence-corrected chi connectivity index (χ1v) is 27.3. The summed E-state index contributed by atoms with van der Waals surface area (Å²) in [5.41, 5.74) is 0. The number of unbranched alkanes of at least 4 members (excludes halogenated alkanes) is 23. The second-order valence-electron chi connectivity index (χ2n) is 18.5. The number of phosphoric ester groups is 1. The lowest BCUT2D eigenvalue weighted by molar-refractivity contribution is -0.870. The van der Waals surface area contributed by atoms with Crippen LogP contribution in [0.4, 0.5) is 0 Å². The van der Waals surface area contributed by atoms with E-state index in [1.807, 2.05) is 27.2 Å². The number of carbonyl (C=O) groups excluding carboxylic acids is 1. The molecule has 2 N–H and O–H groups in total. The van der Waals surface area contributed by atoms with Crippen molar-refractivity contribution < 1.29 is 32.9 Å². The minimum absolute atomic E-state index is 0.0121. The summed E-state index contributed by atoms with van der Waals surface area (Å²) in [7, 11) is 1.23. The van der Waals surface area contributed by atoms with Gasteiger partial charge in [0.2, 0.25) is 5.91 Å². The predicted molar refractivity (Wildman–Crippen MR) is 270 cm³/mol. The van der Waals surface area contributed by atoms with Crippen molar-refractivity contribution in [2.24, 2.45) is 0 Å². The Hall–Kier alpha value is -2.06. The Balaban J connectivity index is 4.26. The van der Waals surface area contributed by atoms with Gasteiger partial charge in [-0.3, -0.25) is 9.36 Å². The van der Waals surface area contributed by atoms with Crippen LogP contribution in [0.25, 0.3) is 0 Å². The predicted octanol–water partition coefficient (Wildman–Crippen LogP) is 14.5. The van der Waals surface area contributed by atoms with E-state index >= 15 is 0 Å². The zero-order valence-electron chi connectivity index (χ0n) is 41.5. The number of amides is 1. The number of hydrogen-bond acceptors (Lipinski definition) is 6. The molecule has 0 aromatic carbocycles. The maximum Gasteiger partial charge on any atom is 0.268 e. The van der Waals surface area contributed by atoms with Crippen LogP contribution in [-0.2, 0) is 18.4 Å². The topological polar surface area (TPSA) is 108 Å². The van der Waals surface area contributed by atoms with Gasteiger partial charge < -0.3 is 28.8 Å².